The van der Waals surface area contributed by atoms with E-state index in [1.165, 1.54) is 0 Å². The highest BCUT2D eigenvalue weighted by molar-refractivity contribution is 5.84. The van der Waals surface area contributed by atoms with Crippen LogP contribution in [0.3, 0.4) is 0 Å². The fourth-order valence-electron chi connectivity index (χ4n) is 3.99. The van der Waals surface area contributed by atoms with Crippen LogP contribution in [0.15, 0.2) is 42.5 Å². The number of carbonyl (C=O) groups excluding carboxylic acids is 3. The Hall–Kier alpha value is -2.89. The van der Waals surface area contributed by atoms with Crippen LogP contribution in [0.1, 0.15) is 51.9 Å². The van der Waals surface area contributed by atoms with Gasteiger partial charge in [-0.2, -0.15) is 0 Å². The Morgan fingerprint density at radius 1 is 0.781 bits per heavy atom. The molecule has 1 saturated heterocycles. The normalized spacial score (nSPS) is 13.9. The quantitative estimate of drug-likeness (QED) is 0.493. The summed E-state index contributed by atoms with van der Waals surface area (Å²) in [7, 11) is 0. The highest BCUT2D eigenvalue weighted by atomic mass is 16.5. The number of ketones is 1. The molecule has 0 spiro atoms. The highest BCUT2D eigenvalue weighted by Crippen LogP contribution is 2.20. The van der Waals surface area contributed by atoms with Crippen molar-refractivity contribution in [3.63, 3.8) is 0 Å². The van der Waals surface area contributed by atoms with Gasteiger partial charge in [0.1, 0.15) is 11.5 Å². The van der Waals surface area contributed by atoms with E-state index in [-0.39, 0.29) is 18.4 Å². The van der Waals surface area contributed by atoms with Gasteiger partial charge in [0.15, 0.2) is 6.61 Å². The Morgan fingerprint density at radius 3 is 2.09 bits per heavy atom. The molecule has 0 aliphatic carbocycles. The predicted molar refractivity (Wildman–Crippen MR) is 126 cm³/mol. The fraction of sp³-hybridized carbons (Fsp3) is 0.500. The van der Waals surface area contributed by atoms with Crippen molar-refractivity contribution in [2.75, 3.05) is 32.8 Å². The van der Waals surface area contributed by atoms with Gasteiger partial charge in [0.05, 0.1) is 0 Å². The molecule has 1 fully saturated rings. The van der Waals surface area contributed by atoms with Crippen LogP contribution >= 0.6 is 0 Å². The summed E-state index contributed by atoms with van der Waals surface area (Å²) in [6.07, 6.45) is 5.57. The first kappa shape index (κ1) is 23.8. The average Bonchev–Trinajstić information content (AvgIpc) is 2.84. The molecule has 0 saturated carbocycles. The van der Waals surface area contributed by atoms with Gasteiger partial charge in [0.25, 0.3) is 5.91 Å². The Bertz CT molecular complexity index is 919. The summed E-state index contributed by atoms with van der Waals surface area (Å²) in [5, 5.41) is 2.22. The van der Waals surface area contributed by atoms with Gasteiger partial charge in [-0.15, -0.1) is 0 Å². The molecule has 1 aliphatic rings. The van der Waals surface area contributed by atoms with Crippen molar-refractivity contribution in [3.05, 3.63) is 42.5 Å². The van der Waals surface area contributed by atoms with Crippen molar-refractivity contribution in [2.45, 2.75) is 51.9 Å². The number of ether oxygens (including phenoxy) is 1. The Morgan fingerprint density at radius 2 is 1.41 bits per heavy atom. The van der Waals surface area contributed by atoms with Crippen LogP contribution in [0, 0.1) is 0 Å². The van der Waals surface area contributed by atoms with Gasteiger partial charge in [-0.3, -0.25) is 14.4 Å². The van der Waals surface area contributed by atoms with Crippen LogP contribution in [0.2, 0.25) is 0 Å². The Labute approximate surface area is 190 Å². The maximum Gasteiger partial charge on any atom is 0.260 e. The summed E-state index contributed by atoms with van der Waals surface area (Å²) in [6.45, 7) is 4.14. The standard InChI is InChI=1S/C26H34N2O4/c1-2-23(29)11-5-3-4-6-12-25(30)27-15-17-28(18-16-27)26(31)20-32-24-14-13-21-9-7-8-10-22(21)19-24/h7-10,13-14,19H,2-6,11-12,15-18,20H2,1H3. The third-order valence-electron chi connectivity index (χ3n) is 6.06. The molecule has 32 heavy (non-hydrogen) atoms. The molecule has 0 bridgehead atoms. The van der Waals surface area contributed by atoms with Gasteiger partial charge in [-0.1, -0.05) is 50.1 Å². The topological polar surface area (TPSA) is 66.9 Å². The lowest BCUT2D eigenvalue weighted by Gasteiger charge is -2.34. The average molecular weight is 439 g/mol. The number of Topliss-reactive ketones (excluding diaryl/α,β-unsaturated/α-hetero) is 1. The molecule has 172 valence electrons. The van der Waals surface area contributed by atoms with Gasteiger partial charge in [0, 0.05) is 45.4 Å². The number of unbranched alkanes of at least 4 members (excludes halogenated alkanes) is 3. The molecule has 1 aliphatic heterocycles. The number of piperazine rings is 1. The van der Waals surface area contributed by atoms with Gasteiger partial charge >= 0.3 is 0 Å². The van der Waals surface area contributed by atoms with E-state index in [2.05, 4.69) is 0 Å². The lowest BCUT2D eigenvalue weighted by molar-refractivity contribution is -0.140. The van der Waals surface area contributed by atoms with E-state index in [4.69, 9.17) is 4.74 Å². The number of hydrogen-bond donors (Lipinski definition) is 0. The van der Waals surface area contributed by atoms with Gasteiger partial charge in [0.2, 0.25) is 5.91 Å². The lowest BCUT2D eigenvalue weighted by Crippen LogP contribution is -2.51. The van der Waals surface area contributed by atoms with E-state index >= 15 is 0 Å². The number of fused-ring (bicyclic) bond motifs is 1. The third kappa shape index (κ3) is 7.08. The largest absolute Gasteiger partial charge is 0.484 e. The molecule has 6 nitrogen and oxygen atoms in total. The van der Waals surface area contributed by atoms with Crippen molar-refractivity contribution in [1.29, 1.82) is 0 Å². The molecule has 1 heterocycles. The van der Waals surface area contributed by atoms with Crippen LogP contribution in [0.5, 0.6) is 5.75 Å². The van der Waals surface area contributed by atoms with E-state index in [1.807, 2.05) is 54.3 Å². The summed E-state index contributed by atoms with van der Waals surface area (Å²) in [5.41, 5.74) is 0. The van der Waals surface area contributed by atoms with Crippen LogP contribution in [0.25, 0.3) is 10.8 Å². The predicted octanol–water partition coefficient (Wildman–Crippen LogP) is 4.21. The first-order valence-corrected chi connectivity index (χ1v) is 11.8. The van der Waals surface area contributed by atoms with E-state index in [0.29, 0.717) is 57.0 Å². The first-order chi connectivity index (χ1) is 15.6. The van der Waals surface area contributed by atoms with Gasteiger partial charge in [-0.05, 0) is 35.7 Å². The lowest BCUT2D eigenvalue weighted by atomic mass is 10.1. The fourth-order valence-corrected chi connectivity index (χ4v) is 3.99. The molecule has 2 aromatic rings. The molecule has 6 heteroatoms. The minimum Gasteiger partial charge on any atom is -0.484 e. The van der Waals surface area contributed by atoms with E-state index < -0.39 is 0 Å². The molecule has 3 rings (SSSR count). The molecule has 0 atom stereocenters. The third-order valence-corrected chi connectivity index (χ3v) is 6.06. The molecular weight excluding hydrogens is 404 g/mol. The highest BCUT2D eigenvalue weighted by Gasteiger charge is 2.24. The van der Waals surface area contributed by atoms with Crippen LogP contribution in [0.4, 0.5) is 0 Å². The second kappa shape index (κ2) is 12.2. The molecule has 0 unspecified atom stereocenters. The van der Waals surface area contributed by atoms with Crippen LogP contribution < -0.4 is 4.74 Å². The monoisotopic (exact) mass is 438 g/mol. The summed E-state index contributed by atoms with van der Waals surface area (Å²) in [5.74, 6) is 1.11. The zero-order valence-electron chi connectivity index (χ0n) is 19.1. The molecule has 0 aromatic heterocycles. The summed E-state index contributed by atoms with van der Waals surface area (Å²) < 4.78 is 5.72. The number of amides is 2. The van der Waals surface area contributed by atoms with Crippen molar-refractivity contribution in [2.24, 2.45) is 0 Å². The number of hydrogen-bond acceptors (Lipinski definition) is 4. The molecule has 2 amide bonds. The van der Waals surface area contributed by atoms with E-state index in [9.17, 15) is 14.4 Å². The smallest absolute Gasteiger partial charge is 0.260 e. The SMILES string of the molecule is CCC(=O)CCCCCCC(=O)N1CCN(C(=O)COc2ccc3ccccc3c2)CC1. The van der Waals surface area contributed by atoms with E-state index in [1.54, 1.807) is 4.90 Å². The second-order valence-electron chi connectivity index (χ2n) is 8.37. The molecular formula is C26H34N2O4. The number of carbonyl (C=O) groups is 3. The van der Waals surface area contributed by atoms with Crippen molar-refractivity contribution in [1.82, 2.24) is 9.80 Å². The molecule has 0 radical (unpaired) electrons. The summed E-state index contributed by atoms with van der Waals surface area (Å²) >= 11 is 0. The van der Waals surface area contributed by atoms with Gasteiger partial charge < -0.3 is 14.5 Å². The molecule has 2 aromatic carbocycles. The Kier molecular flexibility index (Phi) is 9.08. The second-order valence-corrected chi connectivity index (χ2v) is 8.37. The van der Waals surface area contributed by atoms with Crippen LogP contribution in [-0.2, 0) is 14.4 Å². The van der Waals surface area contributed by atoms with E-state index in [0.717, 1.165) is 36.5 Å². The van der Waals surface area contributed by atoms with Crippen molar-refractivity contribution >= 4 is 28.4 Å². The number of benzene rings is 2. The van der Waals surface area contributed by atoms with Crippen LogP contribution in [-0.4, -0.2) is 60.2 Å². The summed E-state index contributed by atoms with van der Waals surface area (Å²) in [6, 6.07) is 13.9. The maximum absolute atomic E-state index is 12.5. The Balaban J connectivity index is 1.32. The van der Waals surface area contributed by atoms with Gasteiger partial charge in [-0.25, -0.2) is 0 Å². The molecule has 0 N–H and O–H groups in total. The minimum absolute atomic E-state index is 0.00677. The first-order valence-electron chi connectivity index (χ1n) is 11.8. The number of nitrogens with zero attached hydrogens (tertiary/aromatic N) is 2. The zero-order chi connectivity index (χ0) is 22.8. The zero-order valence-corrected chi connectivity index (χ0v) is 19.1. The van der Waals surface area contributed by atoms with Crippen molar-refractivity contribution in [3.8, 4) is 5.75 Å². The number of rotatable bonds is 11. The minimum atomic E-state index is -0.0492. The summed E-state index contributed by atoms with van der Waals surface area (Å²) in [4.78, 5) is 39.9. The van der Waals surface area contributed by atoms with Crippen molar-refractivity contribution < 1.29 is 19.1 Å². The maximum atomic E-state index is 12.5.